The van der Waals surface area contributed by atoms with E-state index in [4.69, 9.17) is 9.47 Å². The summed E-state index contributed by atoms with van der Waals surface area (Å²) in [4.78, 5) is 39.2. The quantitative estimate of drug-likeness (QED) is 0.588. The molecule has 1 heterocycles. The van der Waals surface area contributed by atoms with Crippen molar-refractivity contribution in [1.29, 1.82) is 0 Å². The van der Waals surface area contributed by atoms with Crippen molar-refractivity contribution in [2.75, 3.05) is 31.0 Å². The van der Waals surface area contributed by atoms with E-state index in [0.717, 1.165) is 11.2 Å². The number of ether oxygens (including phenoxy) is 2. The van der Waals surface area contributed by atoms with Crippen LogP contribution in [0, 0.1) is 5.92 Å². The van der Waals surface area contributed by atoms with Crippen LogP contribution in [-0.2, 0) is 24.1 Å². The van der Waals surface area contributed by atoms with Gasteiger partial charge in [-0.1, -0.05) is 6.07 Å². The van der Waals surface area contributed by atoms with Gasteiger partial charge in [-0.05, 0) is 37.6 Å². The lowest BCUT2D eigenvalue weighted by Crippen LogP contribution is -2.48. The van der Waals surface area contributed by atoms with Gasteiger partial charge in [-0.15, -0.1) is 0 Å². The lowest BCUT2D eigenvalue weighted by molar-refractivity contribution is -0.114. The fourth-order valence-electron chi connectivity index (χ4n) is 4.01. The SMILES string of the molecule is CCOC1=CC([C@@H](CS(C)(=O)=O)N2C(=O)c3cccc(NC(C)=O)c3C2=O)CC=C1OC. The van der Waals surface area contributed by atoms with E-state index in [1.165, 1.54) is 26.2 Å². The summed E-state index contributed by atoms with van der Waals surface area (Å²) in [6, 6.07) is 3.62. The Bertz CT molecular complexity index is 1120. The second-order valence-electron chi connectivity index (χ2n) is 7.69. The molecule has 1 N–H and O–H groups in total. The zero-order valence-electron chi connectivity index (χ0n) is 18.4. The number of methoxy groups -OCH3 is 1. The van der Waals surface area contributed by atoms with Crippen LogP contribution in [-0.4, -0.2) is 62.8 Å². The summed E-state index contributed by atoms with van der Waals surface area (Å²) in [6.45, 7) is 3.47. The van der Waals surface area contributed by atoms with Crippen LogP contribution in [0.3, 0.4) is 0 Å². The van der Waals surface area contributed by atoms with Crippen molar-refractivity contribution in [2.24, 2.45) is 5.92 Å². The maximum absolute atomic E-state index is 13.4. The van der Waals surface area contributed by atoms with Gasteiger partial charge in [0.2, 0.25) is 5.91 Å². The van der Waals surface area contributed by atoms with Crippen molar-refractivity contribution >= 4 is 33.2 Å². The molecule has 2 atom stereocenters. The highest BCUT2D eigenvalue weighted by atomic mass is 32.2. The molecule has 2 aliphatic rings. The van der Waals surface area contributed by atoms with Gasteiger partial charge in [0.05, 0.1) is 42.3 Å². The van der Waals surface area contributed by atoms with Gasteiger partial charge in [-0.3, -0.25) is 19.3 Å². The second kappa shape index (κ2) is 9.15. The van der Waals surface area contributed by atoms with Gasteiger partial charge in [0, 0.05) is 19.1 Å². The third-order valence-electron chi connectivity index (χ3n) is 5.26. The van der Waals surface area contributed by atoms with Gasteiger partial charge in [0.1, 0.15) is 9.84 Å². The van der Waals surface area contributed by atoms with Crippen LogP contribution in [0.1, 0.15) is 41.0 Å². The standard InChI is InChI=1S/C22H26N2O7S/c1-5-31-19-11-14(9-10-18(19)30-3)17(12-32(4,28)29)24-21(26)15-7-6-8-16(23-13(2)25)20(15)22(24)27/h6-8,10-11,14,17H,5,9,12H2,1-4H3,(H,23,25)/t14?,17-/m1/s1. The van der Waals surface area contributed by atoms with Gasteiger partial charge in [0.15, 0.2) is 11.5 Å². The van der Waals surface area contributed by atoms with Crippen molar-refractivity contribution in [3.63, 3.8) is 0 Å². The number of anilines is 1. The Balaban J connectivity index is 2.06. The zero-order valence-corrected chi connectivity index (χ0v) is 19.2. The Morgan fingerprint density at radius 1 is 1.25 bits per heavy atom. The number of fused-ring (bicyclic) bond motifs is 1. The molecule has 32 heavy (non-hydrogen) atoms. The fraction of sp³-hybridized carbons (Fsp3) is 0.409. The normalized spacial score (nSPS) is 19.1. The number of nitrogens with one attached hydrogen (secondary N) is 1. The van der Waals surface area contributed by atoms with Crippen LogP contribution >= 0.6 is 0 Å². The largest absolute Gasteiger partial charge is 0.493 e. The molecule has 0 aromatic heterocycles. The van der Waals surface area contributed by atoms with Crippen molar-refractivity contribution in [1.82, 2.24) is 4.90 Å². The number of hydrogen-bond donors (Lipinski definition) is 1. The van der Waals surface area contributed by atoms with E-state index in [9.17, 15) is 22.8 Å². The van der Waals surface area contributed by atoms with Gasteiger partial charge in [-0.25, -0.2) is 8.42 Å². The molecule has 3 rings (SSSR count). The zero-order chi connectivity index (χ0) is 23.6. The van der Waals surface area contributed by atoms with E-state index < -0.39 is 45.3 Å². The van der Waals surface area contributed by atoms with E-state index in [0.29, 0.717) is 24.5 Å². The van der Waals surface area contributed by atoms with E-state index in [-0.39, 0.29) is 16.8 Å². The number of rotatable bonds is 8. The summed E-state index contributed by atoms with van der Waals surface area (Å²) in [6.07, 6.45) is 4.88. The topological polar surface area (TPSA) is 119 Å². The lowest BCUT2D eigenvalue weighted by Gasteiger charge is -2.33. The Morgan fingerprint density at radius 2 is 1.97 bits per heavy atom. The molecule has 10 heteroatoms. The van der Waals surface area contributed by atoms with Crippen molar-refractivity contribution < 1.29 is 32.3 Å². The number of nitrogens with zero attached hydrogens (tertiary/aromatic N) is 1. The van der Waals surface area contributed by atoms with Crippen LogP contribution in [0.25, 0.3) is 0 Å². The highest BCUT2D eigenvalue weighted by molar-refractivity contribution is 7.90. The van der Waals surface area contributed by atoms with Gasteiger partial charge < -0.3 is 14.8 Å². The number of hydrogen-bond acceptors (Lipinski definition) is 7. The predicted octanol–water partition coefficient (Wildman–Crippen LogP) is 2.12. The first-order chi connectivity index (χ1) is 15.1. The molecule has 1 unspecified atom stereocenters. The molecule has 3 amide bonds. The Kier molecular flexibility index (Phi) is 6.73. The third-order valence-corrected chi connectivity index (χ3v) is 6.21. The number of allylic oxidation sites excluding steroid dienone is 1. The van der Waals surface area contributed by atoms with Crippen molar-refractivity contribution in [3.05, 3.63) is 53.0 Å². The molecule has 1 aromatic carbocycles. The minimum Gasteiger partial charge on any atom is -0.493 e. The summed E-state index contributed by atoms with van der Waals surface area (Å²) in [7, 11) is -2.06. The first-order valence-corrected chi connectivity index (χ1v) is 12.2. The number of imide groups is 1. The summed E-state index contributed by atoms with van der Waals surface area (Å²) in [5.41, 5.74) is 0.395. The molecule has 9 nitrogen and oxygen atoms in total. The van der Waals surface area contributed by atoms with Crippen LogP contribution in [0.4, 0.5) is 5.69 Å². The highest BCUT2D eigenvalue weighted by Crippen LogP contribution is 2.36. The summed E-state index contributed by atoms with van der Waals surface area (Å²) in [5.74, 6) is -1.60. The predicted molar refractivity (Wildman–Crippen MR) is 118 cm³/mol. The van der Waals surface area contributed by atoms with Crippen LogP contribution < -0.4 is 5.32 Å². The first kappa shape index (κ1) is 23.5. The van der Waals surface area contributed by atoms with Crippen molar-refractivity contribution in [3.8, 4) is 0 Å². The monoisotopic (exact) mass is 462 g/mol. The molecule has 0 saturated heterocycles. The maximum Gasteiger partial charge on any atom is 0.263 e. The van der Waals surface area contributed by atoms with Gasteiger partial charge >= 0.3 is 0 Å². The number of sulfone groups is 1. The van der Waals surface area contributed by atoms with Crippen LogP contribution in [0.2, 0.25) is 0 Å². The molecule has 1 aliphatic carbocycles. The van der Waals surface area contributed by atoms with E-state index in [1.807, 2.05) is 0 Å². The molecule has 0 bridgehead atoms. The second-order valence-corrected chi connectivity index (χ2v) is 9.87. The summed E-state index contributed by atoms with van der Waals surface area (Å²) < 4.78 is 35.5. The minimum atomic E-state index is -3.56. The molecule has 0 saturated carbocycles. The third kappa shape index (κ3) is 4.69. The molecular weight excluding hydrogens is 436 g/mol. The average Bonchev–Trinajstić information content (AvgIpc) is 2.96. The van der Waals surface area contributed by atoms with E-state index in [2.05, 4.69) is 5.32 Å². The smallest absolute Gasteiger partial charge is 0.263 e. The summed E-state index contributed by atoms with van der Waals surface area (Å²) >= 11 is 0. The molecule has 0 spiro atoms. The number of amides is 3. The average molecular weight is 463 g/mol. The molecular formula is C22H26N2O7S. The molecule has 0 fully saturated rings. The Labute approximate surface area is 187 Å². The Morgan fingerprint density at radius 3 is 2.56 bits per heavy atom. The lowest BCUT2D eigenvalue weighted by atomic mass is 9.91. The van der Waals surface area contributed by atoms with Gasteiger partial charge in [-0.2, -0.15) is 0 Å². The minimum absolute atomic E-state index is 0.0594. The highest BCUT2D eigenvalue weighted by Gasteiger charge is 2.45. The first-order valence-electron chi connectivity index (χ1n) is 10.1. The van der Waals surface area contributed by atoms with Crippen LogP contribution in [0.5, 0.6) is 0 Å². The number of carbonyl (C=O) groups excluding carboxylic acids is 3. The molecule has 1 aliphatic heterocycles. The Hall–Kier alpha value is -3.14. The molecule has 172 valence electrons. The van der Waals surface area contributed by atoms with E-state index in [1.54, 1.807) is 25.1 Å². The molecule has 1 aromatic rings. The number of benzene rings is 1. The van der Waals surface area contributed by atoms with E-state index >= 15 is 0 Å². The fourth-order valence-corrected chi connectivity index (χ4v) is 5.03. The maximum atomic E-state index is 13.4. The summed E-state index contributed by atoms with van der Waals surface area (Å²) in [5, 5.41) is 2.57. The van der Waals surface area contributed by atoms with Gasteiger partial charge in [0.25, 0.3) is 11.8 Å². The van der Waals surface area contributed by atoms with Crippen LogP contribution in [0.15, 0.2) is 41.9 Å². The molecule has 0 radical (unpaired) electrons. The number of carbonyl (C=O) groups is 3. The van der Waals surface area contributed by atoms with Crippen molar-refractivity contribution in [2.45, 2.75) is 26.3 Å².